The first-order valence-corrected chi connectivity index (χ1v) is 5.15. The number of aryl methyl sites for hydroxylation is 1. The normalized spacial score (nSPS) is 9.65. The zero-order chi connectivity index (χ0) is 12.1. The van der Waals surface area contributed by atoms with Crippen LogP contribution in [0.4, 0.5) is 5.82 Å². The van der Waals surface area contributed by atoms with Crippen molar-refractivity contribution in [2.45, 2.75) is 13.5 Å². The number of rotatable bonds is 3. The summed E-state index contributed by atoms with van der Waals surface area (Å²) in [5.74, 6) is 0.681. The third-order valence-corrected chi connectivity index (χ3v) is 2.18. The smallest absolute Gasteiger partial charge is 0.127 e. The summed E-state index contributed by atoms with van der Waals surface area (Å²) >= 11 is 0. The van der Waals surface area contributed by atoms with Crippen LogP contribution in [-0.4, -0.2) is 15.0 Å². The average molecular weight is 225 g/mol. The lowest BCUT2D eigenvalue weighted by atomic mass is 10.2. The predicted molar refractivity (Wildman–Crippen MR) is 63.0 cm³/mol. The van der Waals surface area contributed by atoms with Gasteiger partial charge in [-0.15, -0.1) is 0 Å². The number of nitrogens with zero attached hydrogens (tertiary/aromatic N) is 4. The van der Waals surface area contributed by atoms with Crippen LogP contribution in [0.5, 0.6) is 0 Å². The highest BCUT2D eigenvalue weighted by Crippen LogP contribution is 2.10. The Kier molecular flexibility index (Phi) is 3.26. The first kappa shape index (κ1) is 11.0. The van der Waals surface area contributed by atoms with Crippen LogP contribution < -0.4 is 5.32 Å². The van der Waals surface area contributed by atoms with Crippen molar-refractivity contribution in [1.82, 2.24) is 15.0 Å². The number of anilines is 1. The maximum absolute atomic E-state index is 8.85. The minimum Gasteiger partial charge on any atom is -0.364 e. The van der Waals surface area contributed by atoms with E-state index in [2.05, 4.69) is 26.3 Å². The summed E-state index contributed by atoms with van der Waals surface area (Å²) in [6.45, 7) is 2.42. The molecule has 0 aromatic carbocycles. The van der Waals surface area contributed by atoms with Crippen molar-refractivity contribution in [1.29, 1.82) is 5.26 Å². The molecule has 0 atom stereocenters. The molecule has 5 heteroatoms. The van der Waals surface area contributed by atoms with E-state index >= 15 is 0 Å². The van der Waals surface area contributed by atoms with Gasteiger partial charge in [0.2, 0.25) is 0 Å². The third kappa shape index (κ3) is 2.98. The molecule has 0 unspecified atom stereocenters. The van der Waals surface area contributed by atoms with Crippen molar-refractivity contribution in [3.05, 3.63) is 47.7 Å². The Bertz CT molecular complexity index is 545. The van der Waals surface area contributed by atoms with E-state index in [0.29, 0.717) is 17.9 Å². The Morgan fingerprint density at radius 1 is 1.41 bits per heavy atom. The predicted octanol–water partition coefficient (Wildman–Crippen LogP) is 1.66. The zero-order valence-electron chi connectivity index (χ0n) is 9.38. The molecule has 0 spiro atoms. The monoisotopic (exact) mass is 225 g/mol. The van der Waals surface area contributed by atoms with Crippen molar-refractivity contribution >= 4 is 5.82 Å². The van der Waals surface area contributed by atoms with Gasteiger partial charge in [0.1, 0.15) is 12.1 Å². The molecule has 0 saturated heterocycles. The second kappa shape index (κ2) is 5.03. The number of aromatic nitrogens is 3. The highest BCUT2D eigenvalue weighted by molar-refractivity contribution is 5.44. The summed E-state index contributed by atoms with van der Waals surface area (Å²) < 4.78 is 0. The summed E-state index contributed by atoms with van der Waals surface area (Å²) in [5.41, 5.74) is 2.29. The molecule has 2 heterocycles. The van der Waals surface area contributed by atoms with Crippen molar-refractivity contribution in [3.8, 4) is 6.07 Å². The SMILES string of the molecule is Cc1cc(C#N)cc(NCc2ccncn2)n1. The van der Waals surface area contributed by atoms with E-state index < -0.39 is 0 Å². The molecule has 0 aliphatic rings. The molecule has 17 heavy (non-hydrogen) atoms. The Balaban J connectivity index is 2.10. The van der Waals surface area contributed by atoms with E-state index in [1.54, 1.807) is 18.3 Å². The van der Waals surface area contributed by atoms with Crippen LogP contribution >= 0.6 is 0 Å². The van der Waals surface area contributed by atoms with Gasteiger partial charge in [0, 0.05) is 11.9 Å². The largest absolute Gasteiger partial charge is 0.364 e. The van der Waals surface area contributed by atoms with Gasteiger partial charge in [-0.1, -0.05) is 0 Å². The maximum Gasteiger partial charge on any atom is 0.127 e. The van der Waals surface area contributed by atoms with Gasteiger partial charge in [-0.25, -0.2) is 15.0 Å². The fraction of sp³-hybridized carbons (Fsp3) is 0.167. The fourth-order valence-corrected chi connectivity index (χ4v) is 1.43. The van der Waals surface area contributed by atoms with Crippen molar-refractivity contribution in [2.24, 2.45) is 0 Å². The van der Waals surface area contributed by atoms with Crippen LogP contribution in [0, 0.1) is 18.3 Å². The maximum atomic E-state index is 8.85. The molecule has 0 aliphatic carbocycles. The van der Waals surface area contributed by atoms with Crippen LogP contribution in [-0.2, 0) is 6.54 Å². The highest BCUT2D eigenvalue weighted by atomic mass is 15.0. The van der Waals surface area contributed by atoms with Gasteiger partial charge in [-0.05, 0) is 25.1 Å². The molecular weight excluding hydrogens is 214 g/mol. The highest BCUT2D eigenvalue weighted by Gasteiger charge is 2.00. The number of hydrogen-bond donors (Lipinski definition) is 1. The van der Waals surface area contributed by atoms with Crippen LogP contribution in [0.3, 0.4) is 0 Å². The van der Waals surface area contributed by atoms with Crippen LogP contribution in [0.25, 0.3) is 0 Å². The molecule has 0 bridgehead atoms. The lowest BCUT2D eigenvalue weighted by molar-refractivity contribution is 0.992. The standard InChI is InChI=1S/C12H11N5/c1-9-4-10(6-13)5-12(17-9)15-7-11-2-3-14-8-16-11/h2-5,8H,7H2,1H3,(H,15,17). The number of nitriles is 1. The minimum absolute atomic E-state index is 0.559. The molecule has 2 rings (SSSR count). The summed E-state index contributed by atoms with van der Waals surface area (Å²) in [4.78, 5) is 12.2. The van der Waals surface area contributed by atoms with Gasteiger partial charge >= 0.3 is 0 Å². The Morgan fingerprint density at radius 3 is 3.00 bits per heavy atom. The van der Waals surface area contributed by atoms with Gasteiger partial charge in [-0.2, -0.15) is 5.26 Å². The van der Waals surface area contributed by atoms with E-state index in [0.717, 1.165) is 11.4 Å². The zero-order valence-corrected chi connectivity index (χ0v) is 9.38. The lowest BCUT2D eigenvalue weighted by Crippen LogP contribution is -2.04. The van der Waals surface area contributed by atoms with E-state index in [1.165, 1.54) is 6.33 Å². The Morgan fingerprint density at radius 2 is 2.29 bits per heavy atom. The third-order valence-electron chi connectivity index (χ3n) is 2.18. The number of nitrogens with one attached hydrogen (secondary N) is 1. The summed E-state index contributed by atoms with van der Waals surface area (Å²) in [5, 5.41) is 12.0. The molecule has 0 fully saturated rings. The first-order chi connectivity index (χ1) is 8.28. The molecule has 0 saturated carbocycles. The van der Waals surface area contributed by atoms with Crippen LogP contribution in [0.2, 0.25) is 0 Å². The Labute approximate surface area is 99.2 Å². The van der Waals surface area contributed by atoms with E-state index in [1.807, 2.05) is 13.0 Å². The minimum atomic E-state index is 0.559. The second-order valence-corrected chi connectivity index (χ2v) is 3.55. The van der Waals surface area contributed by atoms with Gasteiger partial charge in [-0.3, -0.25) is 0 Å². The summed E-state index contributed by atoms with van der Waals surface area (Å²) in [6, 6.07) is 7.39. The molecule has 0 radical (unpaired) electrons. The lowest BCUT2D eigenvalue weighted by Gasteiger charge is -2.06. The van der Waals surface area contributed by atoms with Crippen molar-refractivity contribution < 1.29 is 0 Å². The Hall–Kier alpha value is -2.48. The van der Waals surface area contributed by atoms with Gasteiger partial charge in [0.15, 0.2) is 0 Å². The van der Waals surface area contributed by atoms with E-state index in [9.17, 15) is 0 Å². The molecule has 0 aliphatic heterocycles. The summed E-state index contributed by atoms with van der Waals surface area (Å²) in [6.07, 6.45) is 3.19. The molecule has 0 amide bonds. The quantitative estimate of drug-likeness (QED) is 0.859. The van der Waals surface area contributed by atoms with E-state index in [4.69, 9.17) is 5.26 Å². The molecule has 2 aromatic rings. The van der Waals surface area contributed by atoms with E-state index in [-0.39, 0.29) is 0 Å². The fourth-order valence-electron chi connectivity index (χ4n) is 1.43. The molecule has 84 valence electrons. The van der Waals surface area contributed by atoms with Crippen LogP contribution in [0.1, 0.15) is 17.0 Å². The molecule has 1 N–H and O–H groups in total. The number of pyridine rings is 1. The van der Waals surface area contributed by atoms with Crippen LogP contribution in [0.15, 0.2) is 30.7 Å². The molecular formula is C12H11N5. The average Bonchev–Trinajstić information content (AvgIpc) is 2.37. The number of hydrogen-bond acceptors (Lipinski definition) is 5. The first-order valence-electron chi connectivity index (χ1n) is 5.15. The second-order valence-electron chi connectivity index (χ2n) is 3.55. The van der Waals surface area contributed by atoms with Gasteiger partial charge < -0.3 is 5.32 Å². The molecule has 2 aromatic heterocycles. The van der Waals surface area contributed by atoms with Gasteiger partial charge in [0.25, 0.3) is 0 Å². The van der Waals surface area contributed by atoms with Crippen molar-refractivity contribution in [2.75, 3.05) is 5.32 Å². The molecule has 5 nitrogen and oxygen atoms in total. The summed E-state index contributed by atoms with van der Waals surface area (Å²) in [7, 11) is 0. The van der Waals surface area contributed by atoms with Crippen molar-refractivity contribution in [3.63, 3.8) is 0 Å². The van der Waals surface area contributed by atoms with Gasteiger partial charge in [0.05, 0.1) is 23.9 Å². The topological polar surface area (TPSA) is 74.5 Å².